The van der Waals surface area contributed by atoms with E-state index in [0.29, 0.717) is 5.84 Å². The monoisotopic (exact) mass is 275 g/mol. The van der Waals surface area contributed by atoms with Gasteiger partial charge in [0.05, 0.1) is 11.1 Å². The maximum atomic E-state index is 13.4. The Morgan fingerprint density at radius 3 is 2.50 bits per heavy atom. The lowest BCUT2D eigenvalue weighted by molar-refractivity contribution is 0.101. The Hall–Kier alpha value is -1.84. The van der Waals surface area contributed by atoms with Crippen LogP contribution < -0.4 is 5.73 Å². The zero-order valence-corrected chi connectivity index (χ0v) is 12.3. The van der Waals surface area contributed by atoms with Crippen LogP contribution in [-0.2, 0) is 5.41 Å². The third-order valence-corrected chi connectivity index (χ3v) is 4.19. The Kier molecular flexibility index (Phi) is 3.36. The van der Waals surface area contributed by atoms with Gasteiger partial charge < -0.3 is 10.6 Å². The summed E-state index contributed by atoms with van der Waals surface area (Å²) in [7, 11) is 1.81. The number of hydrogen-bond acceptors (Lipinski definition) is 2. The first-order chi connectivity index (χ1) is 9.22. The van der Waals surface area contributed by atoms with Crippen LogP contribution in [0.3, 0.4) is 0 Å². The van der Waals surface area contributed by atoms with E-state index in [1.807, 2.05) is 7.05 Å². The van der Waals surface area contributed by atoms with Gasteiger partial charge in [-0.3, -0.25) is 5.41 Å². The molecule has 4 heteroatoms. The zero-order valence-electron chi connectivity index (χ0n) is 12.3. The largest absolute Gasteiger partial charge is 0.396 e. The second-order valence-electron chi connectivity index (χ2n) is 6.48. The number of hydrogen-bond donors (Lipinski definition) is 2. The Balaban J connectivity index is 2.46. The summed E-state index contributed by atoms with van der Waals surface area (Å²) in [6, 6.07) is 4.79. The van der Waals surface area contributed by atoms with Crippen LogP contribution in [-0.4, -0.2) is 17.8 Å². The van der Waals surface area contributed by atoms with E-state index in [9.17, 15) is 4.39 Å². The second kappa shape index (κ2) is 4.62. The molecule has 3 N–H and O–H groups in total. The predicted molar refractivity (Wildman–Crippen MR) is 81.2 cm³/mol. The van der Waals surface area contributed by atoms with Gasteiger partial charge in [0.2, 0.25) is 0 Å². The lowest BCUT2D eigenvalue weighted by atomic mass is 9.51. The van der Waals surface area contributed by atoms with Gasteiger partial charge >= 0.3 is 0 Å². The smallest absolute Gasteiger partial charge is 0.146 e. The molecule has 3 nitrogen and oxygen atoms in total. The van der Waals surface area contributed by atoms with E-state index in [2.05, 4.69) is 20.4 Å². The molecule has 2 rings (SSSR count). The van der Waals surface area contributed by atoms with E-state index < -0.39 is 11.2 Å². The number of benzene rings is 1. The molecule has 0 aromatic heterocycles. The fraction of sp³-hybridized carbons (Fsp3) is 0.438. The van der Waals surface area contributed by atoms with Crippen molar-refractivity contribution < 1.29 is 4.39 Å². The molecule has 0 bridgehead atoms. The van der Waals surface area contributed by atoms with Crippen LogP contribution in [0.1, 0.15) is 32.3 Å². The minimum absolute atomic E-state index is 0.139. The number of nitrogen functional groups attached to an aromatic ring is 1. The van der Waals surface area contributed by atoms with Crippen molar-refractivity contribution in [3.63, 3.8) is 0 Å². The van der Waals surface area contributed by atoms with Crippen LogP contribution in [0, 0.1) is 16.6 Å². The summed E-state index contributed by atoms with van der Waals surface area (Å²) >= 11 is 0. The van der Waals surface area contributed by atoms with Crippen molar-refractivity contribution in [3.05, 3.63) is 42.4 Å². The SMILES string of the molecule is C=CN(C)C(=N)C1(c2ccc(F)c(N)c2)CC(C)(C)C1. The van der Waals surface area contributed by atoms with Gasteiger partial charge in [0.25, 0.3) is 0 Å². The first-order valence-electron chi connectivity index (χ1n) is 6.72. The molecule has 20 heavy (non-hydrogen) atoms. The minimum Gasteiger partial charge on any atom is -0.396 e. The van der Waals surface area contributed by atoms with E-state index in [4.69, 9.17) is 11.1 Å². The Morgan fingerprint density at radius 1 is 1.45 bits per heavy atom. The normalized spacial score (nSPS) is 19.0. The number of rotatable bonds is 3. The molecule has 0 unspecified atom stereocenters. The van der Waals surface area contributed by atoms with Crippen LogP contribution in [0.25, 0.3) is 0 Å². The third kappa shape index (κ3) is 2.19. The molecule has 0 amide bonds. The average molecular weight is 275 g/mol. The molecule has 1 aromatic rings. The summed E-state index contributed by atoms with van der Waals surface area (Å²) in [6.07, 6.45) is 3.33. The quantitative estimate of drug-likeness (QED) is 0.504. The Bertz CT molecular complexity index is 555. The van der Waals surface area contributed by atoms with Gasteiger partial charge in [-0.1, -0.05) is 26.5 Å². The van der Waals surface area contributed by atoms with Crippen LogP contribution in [0.2, 0.25) is 0 Å². The number of anilines is 1. The van der Waals surface area contributed by atoms with Crippen molar-refractivity contribution in [1.82, 2.24) is 4.90 Å². The highest BCUT2D eigenvalue weighted by atomic mass is 19.1. The van der Waals surface area contributed by atoms with Gasteiger partial charge in [-0.2, -0.15) is 0 Å². The lowest BCUT2D eigenvalue weighted by Crippen LogP contribution is -2.55. The van der Waals surface area contributed by atoms with Gasteiger partial charge in [-0.15, -0.1) is 0 Å². The number of nitrogens with two attached hydrogens (primary N) is 1. The van der Waals surface area contributed by atoms with Gasteiger partial charge in [0.1, 0.15) is 11.7 Å². The third-order valence-electron chi connectivity index (χ3n) is 4.19. The van der Waals surface area contributed by atoms with Crippen molar-refractivity contribution in [2.75, 3.05) is 12.8 Å². The van der Waals surface area contributed by atoms with Crippen LogP contribution in [0.15, 0.2) is 31.0 Å². The maximum absolute atomic E-state index is 13.4. The minimum atomic E-state index is -0.411. The highest BCUT2D eigenvalue weighted by molar-refractivity contribution is 5.92. The van der Waals surface area contributed by atoms with Crippen molar-refractivity contribution in [2.24, 2.45) is 5.41 Å². The van der Waals surface area contributed by atoms with Crippen LogP contribution in [0.5, 0.6) is 0 Å². The van der Waals surface area contributed by atoms with Crippen molar-refractivity contribution in [2.45, 2.75) is 32.1 Å². The summed E-state index contributed by atoms with van der Waals surface area (Å²) < 4.78 is 13.4. The molecule has 1 aliphatic rings. The van der Waals surface area contributed by atoms with E-state index >= 15 is 0 Å². The summed E-state index contributed by atoms with van der Waals surface area (Å²) in [5.74, 6) is 0.0731. The molecule has 0 radical (unpaired) electrons. The van der Waals surface area contributed by atoms with E-state index in [1.54, 1.807) is 23.2 Å². The molecule has 0 heterocycles. The highest BCUT2D eigenvalue weighted by Gasteiger charge is 2.54. The zero-order chi connectivity index (χ0) is 15.1. The highest BCUT2D eigenvalue weighted by Crippen LogP contribution is 2.56. The molecule has 0 spiro atoms. The molecular weight excluding hydrogens is 253 g/mol. The number of likely N-dealkylation sites (N-methyl/N-ethyl adjacent to an activating group) is 1. The first-order valence-corrected chi connectivity index (χ1v) is 6.72. The van der Waals surface area contributed by atoms with Crippen LogP contribution >= 0.6 is 0 Å². The average Bonchev–Trinajstić information content (AvgIpc) is 2.36. The summed E-state index contributed by atoms with van der Waals surface area (Å²) in [4.78, 5) is 1.72. The maximum Gasteiger partial charge on any atom is 0.146 e. The molecular formula is C16H22FN3. The topological polar surface area (TPSA) is 53.1 Å². The molecule has 1 aliphatic carbocycles. The molecule has 0 saturated heterocycles. The van der Waals surface area contributed by atoms with Crippen molar-refractivity contribution in [1.29, 1.82) is 5.41 Å². The number of nitrogens with one attached hydrogen (secondary N) is 1. The van der Waals surface area contributed by atoms with E-state index in [-0.39, 0.29) is 11.1 Å². The van der Waals surface area contributed by atoms with Gasteiger partial charge in [-0.25, -0.2) is 4.39 Å². The summed E-state index contributed by atoms with van der Waals surface area (Å²) in [5.41, 5.74) is 6.53. The second-order valence-corrected chi connectivity index (χ2v) is 6.48. The predicted octanol–water partition coefficient (Wildman–Crippen LogP) is 3.52. The van der Waals surface area contributed by atoms with Crippen molar-refractivity contribution in [3.8, 4) is 0 Å². The molecule has 1 aromatic carbocycles. The van der Waals surface area contributed by atoms with Gasteiger partial charge in [-0.05, 0) is 42.2 Å². The molecule has 108 valence electrons. The fourth-order valence-electron chi connectivity index (χ4n) is 3.36. The summed E-state index contributed by atoms with van der Waals surface area (Å²) in [5, 5.41) is 8.46. The molecule has 1 fully saturated rings. The Labute approximate surface area is 119 Å². The lowest BCUT2D eigenvalue weighted by Gasteiger charge is -2.54. The number of halogens is 1. The van der Waals surface area contributed by atoms with Gasteiger partial charge in [0, 0.05) is 7.05 Å². The van der Waals surface area contributed by atoms with Gasteiger partial charge in [0.15, 0.2) is 0 Å². The number of nitrogens with zero attached hydrogens (tertiary/aromatic N) is 1. The Morgan fingerprint density at radius 2 is 2.05 bits per heavy atom. The molecule has 0 atom stereocenters. The number of amidine groups is 1. The van der Waals surface area contributed by atoms with Crippen molar-refractivity contribution >= 4 is 11.5 Å². The molecule has 0 aliphatic heterocycles. The van der Waals surface area contributed by atoms with E-state index in [0.717, 1.165) is 18.4 Å². The summed E-state index contributed by atoms with van der Waals surface area (Å²) in [6.45, 7) is 8.08. The first kappa shape index (κ1) is 14.6. The van der Waals surface area contributed by atoms with E-state index in [1.165, 1.54) is 6.07 Å². The fourth-order valence-corrected chi connectivity index (χ4v) is 3.36. The standard InChI is InChI=1S/C16H22FN3/c1-5-20(4)14(19)16(9-15(2,3)10-16)11-6-7-12(17)13(18)8-11/h5-8,19H,1,9-10,18H2,2-4H3. The van der Waals surface area contributed by atoms with Crippen LogP contribution in [0.4, 0.5) is 10.1 Å². The molecule has 1 saturated carbocycles.